The molecule has 0 aliphatic rings. The first-order valence-corrected chi connectivity index (χ1v) is 6.43. The van der Waals surface area contributed by atoms with E-state index in [2.05, 4.69) is 35.4 Å². The molecule has 0 aromatic carbocycles. The van der Waals surface area contributed by atoms with Gasteiger partial charge in [0, 0.05) is 19.8 Å². The molecule has 2 aromatic heterocycles. The number of hydrogen-bond acceptors (Lipinski definition) is 3. The topological polar surface area (TPSA) is 47.7 Å². The monoisotopic (exact) mass is 247 g/mol. The molecule has 2 rings (SSSR count). The Kier molecular flexibility index (Phi) is 3.69. The van der Waals surface area contributed by atoms with Crippen LogP contribution in [0.3, 0.4) is 0 Å². The van der Waals surface area contributed by atoms with Crippen LogP contribution in [-0.4, -0.2) is 19.6 Å². The minimum absolute atomic E-state index is 0.785. The average Bonchev–Trinajstić information content (AvgIpc) is 2.89. The minimum Gasteiger partial charge on any atom is -0.377 e. The fourth-order valence-corrected chi connectivity index (χ4v) is 2.14. The standard InChI is InChI=1S/C13H21N5/c1-5-12-13(9-17(4)16-12)14-8-11-7-10(3)15-18(11)6-2/h7,9,14H,5-6,8H2,1-4H3. The Labute approximate surface area is 108 Å². The molecule has 2 heterocycles. The van der Waals surface area contributed by atoms with Crippen LogP contribution in [0.1, 0.15) is 30.9 Å². The van der Waals surface area contributed by atoms with E-state index in [1.54, 1.807) is 0 Å². The van der Waals surface area contributed by atoms with Gasteiger partial charge in [-0.25, -0.2) is 0 Å². The summed E-state index contributed by atoms with van der Waals surface area (Å²) in [6, 6.07) is 2.12. The van der Waals surface area contributed by atoms with Gasteiger partial charge in [0.15, 0.2) is 0 Å². The molecule has 98 valence electrons. The van der Waals surface area contributed by atoms with Crippen LogP contribution in [0.5, 0.6) is 0 Å². The van der Waals surface area contributed by atoms with E-state index in [-0.39, 0.29) is 0 Å². The van der Waals surface area contributed by atoms with Crippen LogP contribution in [-0.2, 0) is 26.6 Å². The van der Waals surface area contributed by atoms with E-state index in [1.165, 1.54) is 5.69 Å². The quantitative estimate of drug-likeness (QED) is 0.880. The Bertz CT molecular complexity index is 475. The van der Waals surface area contributed by atoms with Gasteiger partial charge in [0.25, 0.3) is 0 Å². The molecule has 0 aliphatic heterocycles. The van der Waals surface area contributed by atoms with Crippen molar-refractivity contribution in [1.82, 2.24) is 19.6 Å². The molecule has 0 saturated carbocycles. The minimum atomic E-state index is 0.785. The van der Waals surface area contributed by atoms with Crippen LogP contribution in [0.2, 0.25) is 0 Å². The van der Waals surface area contributed by atoms with Crippen LogP contribution < -0.4 is 5.32 Å². The van der Waals surface area contributed by atoms with Gasteiger partial charge in [-0.3, -0.25) is 9.36 Å². The largest absolute Gasteiger partial charge is 0.377 e. The highest BCUT2D eigenvalue weighted by atomic mass is 15.3. The van der Waals surface area contributed by atoms with Crippen LogP contribution in [0.15, 0.2) is 12.3 Å². The van der Waals surface area contributed by atoms with Gasteiger partial charge < -0.3 is 5.32 Å². The SMILES string of the molecule is CCc1nn(C)cc1NCc1cc(C)nn1CC. The molecule has 0 saturated heterocycles. The highest BCUT2D eigenvalue weighted by Crippen LogP contribution is 2.15. The van der Waals surface area contributed by atoms with Crippen LogP contribution >= 0.6 is 0 Å². The maximum Gasteiger partial charge on any atom is 0.0853 e. The van der Waals surface area contributed by atoms with E-state index in [9.17, 15) is 0 Å². The molecular weight excluding hydrogens is 226 g/mol. The van der Waals surface area contributed by atoms with Crippen LogP contribution in [0.25, 0.3) is 0 Å². The summed E-state index contributed by atoms with van der Waals surface area (Å²) in [7, 11) is 1.95. The second-order valence-corrected chi connectivity index (χ2v) is 4.46. The molecule has 0 atom stereocenters. The molecule has 0 aliphatic carbocycles. The lowest BCUT2D eigenvalue weighted by Gasteiger charge is -2.07. The highest BCUT2D eigenvalue weighted by Gasteiger charge is 2.07. The zero-order valence-corrected chi connectivity index (χ0v) is 11.6. The molecule has 5 heteroatoms. The first kappa shape index (κ1) is 12.7. The number of nitrogens with zero attached hydrogens (tertiary/aromatic N) is 4. The van der Waals surface area contributed by atoms with Crippen molar-refractivity contribution in [2.24, 2.45) is 7.05 Å². The summed E-state index contributed by atoms with van der Waals surface area (Å²) in [6.07, 6.45) is 2.97. The van der Waals surface area contributed by atoms with Crippen molar-refractivity contribution in [2.75, 3.05) is 5.32 Å². The summed E-state index contributed by atoms with van der Waals surface area (Å²) < 4.78 is 3.88. The Balaban J connectivity index is 2.10. The Hall–Kier alpha value is -1.78. The lowest BCUT2D eigenvalue weighted by molar-refractivity contribution is 0.623. The van der Waals surface area contributed by atoms with Gasteiger partial charge in [0.05, 0.1) is 29.3 Å². The van der Waals surface area contributed by atoms with E-state index in [0.717, 1.165) is 36.6 Å². The Morgan fingerprint density at radius 1 is 1.28 bits per heavy atom. The summed E-state index contributed by atoms with van der Waals surface area (Å²) >= 11 is 0. The van der Waals surface area contributed by atoms with Crippen molar-refractivity contribution >= 4 is 5.69 Å². The van der Waals surface area contributed by atoms with E-state index in [4.69, 9.17) is 0 Å². The molecule has 1 N–H and O–H groups in total. The van der Waals surface area contributed by atoms with Gasteiger partial charge in [0.1, 0.15) is 0 Å². The molecule has 2 aromatic rings. The Morgan fingerprint density at radius 2 is 2.06 bits per heavy atom. The maximum absolute atomic E-state index is 4.45. The summed E-state index contributed by atoms with van der Waals surface area (Å²) in [5.74, 6) is 0. The van der Waals surface area contributed by atoms with Gasteiger partial charge in [-0.2, -0.15) is 10.2 Å². The van der Waals surface area contributed by atoms with Crippen molar-refractivity contribution in [2.45, 2.75) is 40.3 Å². The third-order valence-electron chi connectivity index (χ3n) is 2.99. The lowest BCUT2D eigenvalue weighted by atomic mass is 10.3. The molecule has 0 spiro atoms. The molecule has 5 nitrogen and oxygen atoms in total. The van der Waals surface area contributed by atoms with E-state index in [1.807, 2.05) is 29.5 Å². The molecule has 18 heavy (non-hydrogen) atoms. The number of nitrogens with one attached hydrogen (secondary N) is 1. The molecule has 0 bridgehead atoms. The van der Waals surface area contributed by atoms with Crippen molar-refractivity contribution < 1.29 is 0 Å². The fourth-order valence-electron chi connectivity index (χ4n) is 2.14. The molecule has 0 amide bonds. The van der Waals surface area contributed by atoms with Crippen molar-refractivity contribution in [3.8, 4) is 0 Å². The summed E-state index contributed by atoms with van der Waals surface area (Å²) in [5, 5.41) is 12.3. The van der Waals surface area contributed by atoms with Crippen molar-refractivity contribution in [1.29, 1.82) is 0 Å². The smallest absolute Gasteiger partial charge is 0.0853 e. The number of aromatic nitrogens is 4. The van der Waals surface area contributed by atoms with Crippen LogP contribution in [0.4, 0.5) is 5.69 Å². The van der Waals surface area contributed by atoms with Gasteiger partial charge in [-0.15, -0.1) is 0 Å². The molecule has 0 radical (unpaired) electrons. The number of aryl methyl sites for hydroxylation is 4. The van der Waals surface area contributed by atoms with Gasteiger partial charge in [-0.1, -0.05) is 6.92 Å². The van der Waals surface area contributed by atoms with E-state index < -0.39 is 0 Å². The van der Waals surface area contributed by atoms with Gasteiger partial charge in [-0.05, 0) is 26.3 Å². The average molecular weight is 247 g/mol. The summed E-state index contributed by atoms with van der Waals surface area (Å²) in [5.41, 5.74) is 4.50. The third kappa shape index (κ3) is 2.55. The molecule has 0 unspecified atom stereocenters. The zero-order valence-electron chi connectivity index (χ0n) is 11.6. The van der Waals surface area contributed by atoms with E-state index in [0.29, 0.717) is 0 Å². The molecular formula is C13H21N5. The lowest BCUT2D eigenvalue weighted by Crippen LogP contribution is -2.08. The number of anilines is 1. The fraction of sp³-hybridized carbons (Fsp3) is 0.538. The molecule has 0 fully saturated rings. The highest BCUT2D eigenvalue weighted by molar-refractivity contribution is 5.46. The van der Waals surface area contributed by atoms with Crippen molar-refractivity contribution in [3.05, 3.63) is 29.3 Å². The van der Waals surface area contributed by atoms with Crippen molar-refractivity contribution in [3.63, 3.8) is 0 Å². The third-order valence-corrected chi connectivity index (χ3v) is 2.99. The van der Waals surface area contributed by atoms with Gasteiger partial charge in [0.2, 0.25) is 0 Å². The maximum atomic E-state index is 4.45. The summed E-state index contributed by atoms with van der Waals surface area (Å²) in [6.45, 7) is 7.94. The Morgan fingerprint density at radius 3 is 2.72 bits per heavy atom. The van der Waals surface area contributed by atoms with E-state index >= 15 is 0 Å². The normalized spacial score (nSPS) is 10.9. The van der Waals surface area contributed by atoms with Crippen LogP contribution in [0, 0.1) is 6.92 Å². The first-order valence-electron chi connectivity index (χ1n) is 6.43. The van der Waals surface area contributed by atoms with Gasteiger partial charge >= 0.3 is 0 Å². The second-order valence-electron chi connectivity index (χ2n) is 4.46. The predicted octanol–water partition coefficient (Wildman–Crippen LogP) is 2.12. The summed E-state index contributed by atoms with van der Waals surface area (Å²) in [4.78, 5) is 0. The number of hydrogen-bond donors (Lipinski definition) is 1. The zero-order chi connectivity index (χ0) is 13.1. The second kappa shape index (κ2) is 5.25. The predicted molar refractivity (Wildman–Crippen MR) is 72.6 cm³/mol. The number of rotatable bonds is 5. The first-order chi connectivity index (χ1) is 8.63.